The maximum absolute atomic E-state index is 11.9. The SMILES string of the molecule is CCOC(=O)CCCC(=O)[N](C)[Ge][c]1ccccc1.O.O.O. The molecule has 0 saturated carbocycles. The van der Waals surface area contributed by atoms with Crippen LogP contribution in [0.15, 0.2) is 30.3 Å². The zero-order valence-electron chi connectivity index (χ0n) is 12.9. The third-order valence-electron chi connectivity index (χ3n) is 2.52. The van der Waals surface area contributed by atoms with Gasteiger partial charge in [0.25, 0.3) is 0 Å². The van der Waals surface area contributed by atoms with E-state index in [1.165, 1.54) is 4.40 Å². The van der Waals surface area contributed by atoms with Crippen LogP contribution < -0.4 is 4.40 Å². The molecule has 2 radical (unpaired) electrons. The van der Waals surface area contributed by atoms with Crippen LogP contribution in [-0.4, -0.2) is 61.5 Å². The normalized spacial score (nSPS) is 8.64. The van der Waals surface area contributed by atoms with Crippen LogP contribution in [0, 0.1) is 0 Å². The van der Waals surface area contributed by atoms with Gasteiger partial charge in [0, 0.05) is 0 Å². The van der Waals surface area contributed by atoms with E-state index in [0.717, 1.165) is 0 Å². The molecule has 0 fully saturated rings. The fourth-order valence-electron chi connectivity index (χ4n) is 1.55. The number of carbonyl (C=O) groups is 2. The topological polar surface area (TPSA) is 141 Å². The zero-order valence-corrected chi connectivity index (χ0v) is 15.0. The van der Waals surface area contributed by atoms with E-state index in [1.807, 2.05) is 37.4 Å². The fourth-order valence-corrected chi connectivity index (χ4v) is 3.58. The van der Waals surface area contributed by atoms with Crippen molar-refractivity contribution in [1.29, 1.82) is 0 Å². The summed E-state index contributed by atoms with van der Waals surface area (Å²) in [6.07, 6.45) is 1.29. The van der Waals surface area contributed by atoms with Crippen LogP contribution >= 0.6 is 0 Å². The summed E-state index contributed by atoms with van der Waals surface area (Å²) in [7, 11) is 1.83. The average Bonchev–Trinajstić information content (AvgIpc) is 2.40. The Morgan fingerprint density at radius 3 is 2.23 bits per heavy atom. The van der Waals surface area contributed by atoms with Crippen molar-refractivity contribution in [2.75, 3.05) is 13.7 Å². The third kappa shape index (κ3) is 10.3. The number of hydrogen-bond donors (Lipinski definition) is 0. The maximum atomic E-state index is 11.9. The molecule has 6 N–H and O–H groups in total. The van der Waals surface area contributed by atoms with Crippen LogP contribution in [0.5, 0.6) is 0 Å². The van der Waals surface area contributed by atoms with Crippen molar-refractivity contribution in [2.45, 2.75) is 26.2 Å². The molecule has 0 atom stereocenters. The quantitative estimate of drug-likeness (QED) is 0.429. The van der Waals surface area contributed by atoms with Crippen LogP contribution in [0.1, 0.15) is 26.2 Å². The molecule has 8 heteroatoms. The van der Waals surface area contributed by atoms with Crippen molar-refractivity contribution in [3.05, 3.63) is 30.3 Å². The first-order valence-electron chi connectivity index (χ1n) is 6.37. The van der Waals surface area contributed by atoms with Crippen molar-refractivity contribution in [3.8, 4) is 0 Å². The molecular formula is C14H25GeNO6. The molecule has 0 unspecified atom stereocenters. The second kappa shape index (κ2) is 14.5. The molecule has 22 heavy (non-hydrogen) atoms. The summed E-state index contributed by atoms with van der Waals surface area (Å²) < 4.78 is 7.86. The summed E-state index contributed by atoms with van der Waals surface area (Å²) in [4.78, 5) is 23.0. The molecule has 0 aliphatic carbocycles. The second-order valence-electron chi connectivity index (χ2n) is 4.09. The minimum atomic E-state index is -0.592. The van der Waals surface area contributed by atoms with E-state index >= 15 is 0 Å². The third-order valence-corrected chi connectivity index (χ3v) is 4.99. The monoisotopic (exact) mass is 377 g/mol. The Morgan fingerprint density at radius 2 is 1.68 bits per heavy atom. The Morgan fingerprint density at radius 1 is 1.09 bits per heavy atom. The van der Waals surface area contributed by atoms with Crippen LogP contribution in [0.25, 0.3) is 0 Å². The van der Waals surface area contributed by atoms with Gasteiger partial charge in [-0.25, -0.2) is 0 Å². The summed E-state index contributed by atoms with van der Waals surface area (Å²) in [6, 6.07) is 10.0. The molecule has 1 amide bonds. The van der Waals surface area contributed by atoms with Crippen molar-refractivity contribution < 1.29 is 30.8 Å². The number of carbonyl (C=O) groups excluding carboxylic acids is 2. The first-order valence-corrected chi connectivity index (χ1v) is 8.36. The van der Waals surface area contributed by atoms with Gasteiger partial charge in [-0.15, -0.1) is 0 Å². The Labute approximate surface area is 137 Å². The molecule has 1 aromatic rings. The molecule has 1 rings (SSSR count). The Balaban J connectivity index is -0.00000120. The fraction of sp³-hybridized carbons (Fsp3) is 0.429. The summed E-state index contributed by atoms with van der Waals surface area (Å²) in [5.41, 5.74) is 0. The molecule has 0 spiro atoms. The maximum Gasteiger partial charge on any atom is -0.412 e. The molecule has 0 aromatic heterocycles. The van der Waals surface area contributed by atoms with Gasteiger partial charge in [-0.2, -0.15) is 0 Å². The van der Waals surface area contributed by atoms with Gasteiger partial charge in [-0.1, -0.05) is 0 Å². The van der Waals surface area contributed by atoms with Crippen molar-refractivity contribution in [3.63, 3.8) is 0 Å². The van der Waals surface area contributed by atoms with E-state index < -0.39 is 15.7 Å². The van der Waals surface area contributed by atoms with Crippen molar-refractivity contribution >= 4 is 31.9 Å². The largest absolute Gasteiger partial charge is 0.412 e. The van der Waals surface area contributed by atoms with Crippen LogP contribution in [0.2, 0.25) is 0 Å². The molecule has 0 aliphatic rings. The summed E-state index contributed by atoms with van der Waals surface area (Å²) in [5.74, 6) is -0.120. The Kier molecular flexibility index (Phi) is 16.8. The predicted octanol–water partition coefficient (Wildman–Crippen LogP) is -1.35. The second-order valence-corrected chi connectivity index (χ2v) is 7.18. The molecular weight excluding hydrogens is 351 g/mol. The number of ether oxygens (including phenoxy) is 1. The van der Waals surface area contributed by atoms with E-state index in [2.05, 4.69) is 0 Å². The van der Waals surface area contributed by atoms with E-state index in [1.54, 1.807) is 10.8 Å². The van der Waals surface area contributed by atoms with E-state index in [9.17, 15) is 9.59 Å². The number of benzene rings is 1. The molecule has 0 heterocycles. The van der Waals surface area contributed by atoms with Crippen molar-refractivity contribution in [2.24, 2.45) is 0 Å². The minimum absolute atomic E-state index is 0. The molecule has 0 bridgehead atoms. The number of nitrogens with zero attached hydrogens (tertiary/aromatic N) is 1. The Bertz CT molecular complexity index is 415. The van der Waals surface area contributed by atoms with E-state index in [4.69, 9.17) is 4.74 Å². The molecule has 0 saturated heterocycles. The molecule has 0 aliphatic heterocycles. The number of esters is 1. The standard InChI is InChI=1S/C14H19GeNO3.3H2O/c1-3-19-14(18)11-7-10-13(17)16(2)15-12-8-5-4-6-9-12;;;/h4-6,8-9H,3,7,10-11H2,1-2H3;3*1H2. The first kappa shape index (κ1) is 25.5. The van der Waals surface area contributed by atoms with Crippen LogP contribution in [0.3, 0.4) is 0 Å². The van der Waals surface area contributed by atoms with Crippen LogP contribution in [-0.2, 0) is 14.3 Å². The molecule has 7 nitrogen and oxygen atoms in total. The van der Waals surface area contributed by atoms with E-state index in [-0.39, 0.29) is 28.3 Å². The van der Waals surface area contributed by atoms with Crippen LogP contribution in [0.4, 0.5) is 0 Å². The van der Waals surface area contributed by atoms with Gasteiger partial charge in [-0.3, -0.25) is 0 Å². The van der Waals surface area contributed by atoms with Gasteiger partial charge in [0.15, 0.2) is 0 Å². The predicted molar refractivity (Wildman–Crippen MR) is 85.9 cm³/mol. The number of amides is 1. The van der Waals surface area contributed by atoms with Gasteiger partial charge >= 0.3 is 120 Å². The molecule has 126 valence electrons. The van der Waals surface area contributed by atoms with Gasteiger partial charge in [-0.05, 0) is 0 Å². The number of hydrogen-bond acceptors (Lipinski definition) is 3. The summed E-state index contributed by atoms with van der Waals surface area (Å²) in [5, 5.41) is 0. The smallest absolute Gasteiger partial charge is 0.412 e. The summed E-state index contributed by atoms with van der Waals surface area (Å²) >= 11 is -0.592. The van der Waals surface area contributed by atoms with Gasteiger partial charge in [0.1, 0.15) is 0 Å². The number of rotatable bonds is 7. The van der Waals surface area contributed by atoms with Crippen molar-refractivity contribution in [1.82, 2.24) is 3.86 Å². The van der Waals surface area contributed by atoms with Gasteiger partial charge < -0.3 is 16.4 Å². The first-order chi connectivity index (χ1) is 9.13. The van der Waals surface area contributed by atoms with Gasteiger partial charge in [0.05, 0.1) is 0 Å². The minimum Gasteiger partial charge on any atom is -0.412 e. The zero-order chi connectivity index (χ0) is 14.1. The molecule has 1 aromatic carbocycles. The van der Waals surface area contributed by atoms with E-state index in [0.29, 0.717) is 25.9 Å². The average molecular weight is 376 g/mol. The van der Waals surface area contributed by atoms with Gasteiger partial charge in [0.2, 0.25) is 0 Å². The summed E-state index contributed by atoms with van der Waals surface area (Å²) in [6.45, 7) is 2.18. The Hall–Kier alpha value is -1.42.